The summed E-state index contributed by atoms with van der Waals surface area (Å²) in [7, 11) is 0. The van der Waals surface area contributed by atoms with Gasteiger partial charge in [0.05, 0.1) is 5.41 Å². The summed E-state index contributed by atoms with van der Waals surface area (Å²) in [5.41, 5.74) is 11.9. The Morgan fingerprint density at radius 1 is 1.50 bits per heavy atom. The van der Waals surface area contributed by atoms with Gasteiger partial charge in [-0.25, -0.2) is 0 Å². The van der Waals surface area contributed by atoms with E-state index in [9.17, 15) is 4.79 Å². The molecule has 1 rings (SSSR count). The zero-order chi connectivity index (χ0) is 12.3. The van der Waals surface area contributed by atoms with Crippen molar-refractivity contribution in [3.05, 3.63) is 22.7 Å². The number of nitrogen functional groups attached to an aromatic ring is 1. The zero-order valence-corrected chi connectivity index (χ0v) is 11.0. The average molecular weight is 286 g/mol. The van der Waals surface area contributed by atoms with E-state index in [4.69, 9.17) is 11.5 Å². The van der Waals surface area contributed by atoms with Gasteiger partial charge in [-0.1, -0.05) is 0 Å². The molecule has 0 radical (unpaired) electrons. The molecule has 1 amide bonds. The summed E-state index contributed by atoms with van der Waals surface area (Å²) >= 11 is 3.39. The first-order valence-corrected chi connectivity index (χ1v) is 5.71. The van der Waals surface area contributed by atoms with Crippen molar-refractivity contribution < 1.29 is 4.79 Å². The van der Waals surface area contributed by atoms with E-state index in [1.165, 1.54) is 0 Å². The van der Waals surface area contributed by atoms with Gasteiger partial charge < -0.3 is 16.8 Å². The van der Waals surface area contributed by atoms with E-state index in [2.05, 4.69) is 21.2 Å². The fourth-order valence-electron chi connectivity index (χ4n) is 1.08. The van der Waals surface area contributed by atoms with Gasteiger partial charge in [0.1, 0.15) is 0 Å². The molecule has 0 fully saturated rings. The van der Waals surface area contributed by atoms with Crippen LogP contribution in [0.15, 0.2) is 22.7 Å². The van der Waals surface area contributed by atoms with Gasteiger partial charge in [-0.2, -0.15) is 0 Å². The minimum atomic E-state index is -0.583. The number of nitrogens with one attached hydrogen (secondary N) is 1. The van der Waals surface area contributed by atoms with Crippen molar-refractivity contribution in [1.29, 1.82) is 0 Å². The van der Waals surface area contributed by atoms with Gasteiger partial charge in [0.2, 0.25) is 5.91 Å². The molecule has 1 aromatic rings. The smallest absolute Gasteiger partial charge is 0.224 e. The van der Waals surface area contributed by atoms with Gasteiger partial charge in [-0.15, -0.1) is 0 Å². The highest BCUT2D eigenvalue weighted by atomic mass is 79.9. The van der Waals surface area contributed by atoms with Crippen LogP contribution in [0, 0.1) is 5.41 Å². The second-order valence-corrected chi connectivity index (χ2v) is 5.20. The first-order chi connectivity index (χ1) is 7.33. The Balaban J connectivity index is 2.72. The van der Waals surface area contributed by atoms with Gasteiger partial charge in [0.25, 0.3) is 0 Å². The maximum Gasteiger partial charge on any atom is 0.224 e. The predicted molar refractivity (Wildman–Crippen MR) is 70.0 cm³/mol. The van der Waals surface area contributed by atoms with E-state index >= 15 is 0 Å². The third-order valence-electron chi connectivity index (χ3n) is 2.38. The van der Waals surface area contributed by atoms with Crippen molar-refractivity contribution in [2.75, 3.05) is 17.6 Å². The molecule has 0 spiro atoms. The number of carbonyl (C=O) groups excluding carboxylic acids is 1. The average Bonchev–Trinajstić information content (AvgIpc) is 2.16. The van der Waals surface area contributed by atoms with E-state index in [0.717, 1.165) is 10.2 Å². The van der Waals surface area contributed by atoms with Crippen LogP contribution in [0.1, 0.15) is 13.8 Å². The monoisotopic (exact) mass is 285 g/mol. The van der Waals surface area contributed by atoms with E-state index < -0.39 is 5.41 Å². The van der Waals surface area contributed by atoms with E-state index in [0.29, 0.717) is 12.2 Å². The molecule has 0 bridgehead atoms. The molecule has 0 atom stereocenters. The molecule has 5 N–H and O–H groups in total. The van der Waals surface area contributed by atoms with Crippen LogP contribution in [0.3, 0.4) is 0 Å². The van der Waals surface area contributed by atoms with Crippen molar-refractivity contribution >= 4 is 33.2 Å². The third kappa shape index (κ3) is 3.13. The number of anilines is 2. The zero-order valence-electron chi connectivity index (χ0n) is 9.38. The summed E-state index contributed by atoms with van der Waals surface area (Å²) in [6.45, 7) is 4.08. The van der Waals surface area contributed by atoms with Gasteiger partial charge in [0, 0.05) is 22.4 Å². The lowest BCUT2D eigenvalue weighted by Gasteiger charge is -2.22. The minimum Gasteiger partial charge on any atom is -0.399 e. The Kier molecular flexibility index (Phi) is 3.80. The number of carbonyl (C=O) groups is 1. The van der Waals surface area contributed by atoms with E-state index in [-0.39, 0.29) is 5.91 Å². The molecule has 0 heterocycles. The SMILES string of the molecule is CC(C)(CNc1ccc(N)cc1Br)C(N)=O. The Morgan fingerprint density at radius 2 is 2.12 bits per heavy atom. The number of benzene rings is 1. The number of amides is 1. The Morgan fingerprint density at radius 3 is 2.62 bits per heavy atom. The van der Waals surface area contributed by atoms with Crippen LogP contribution < -0.4 is 16.8 Å². The van der Waals surface area contributed by atoms with E-state index in [1.807, 2.05) is 6.07 Å². The summed E-state index contributed by atoms with van der Waals surface area (Å²) in [6, 6.07) is 5.46. The number of nitrogens with two attached hydrogens (primary N) is 2. The number of hydrogen-bond acceptors (Lipinski definition) is 3. The molecule has 0 aliphatic heterocycles. The largest absolute Gasteiger partial charge is 0.399 e. The van der Waals surface area contributed by atoms with Gasteiger partial charge in [-0.05, 0) is 48.0 Å². The Hall–Kier alpha value is -1.23. The van der Waals surface area contributed by atoms with Crippen LogP contribution in [-0.4, -0.2) is 12.5 Å². The highest BCUT2D eigenvalue weighted by molar-refractivity contribution is 9.10. The molecule has 0 aliphatic carbocycles. The molecule has 1 aromatic carbocycles. The van der Waals surface area contributed by atoms with Gasteiger partial charge in [0.15, 0.2) is 0 Å². The molecule has 0 unspecified atom stereocenters. The summed E-state index contributed by atoms with van der Waals surface area (Å²) < 4.78 is 0.868. The van der Waals surface area contributed by atoms with Crippen molar-refractivity contribution in [3.8, 4) is 0 Å². The Bertz CT molecular complexity index is 404. The maximum absolute atomic E-state index is 11.1. The maximum atomic E-state index is 11.1. The standard InChI is InChI=1S/C11H16BrN3O/c1-11(2,10(14)16)6-15-9-4-3-7(13)5-8(9)12/h3-5,15H,6,13H2,1-2H3,(H2,14,16). The number of hydrogen-bond donors (Lipinski definition) is 3. The third-order valence-corrected chi connectivity index (χ3v) is 3.04. The van der Waals surface area contributed by atoms with Crippen LogP contribution in [0.4, 0.5) is 11.4 Å². The topological polar surface area (TPSA) is 81.1 Å². The quantitative estimate of drug-likeness (QED) is 0.740. The lowest BCUT2D eigenvalue weighted by atomic mass is 9.93. The molecule has 4 nitrogen and oxygen atoms in total. The molecule has 16 heavy (non-hydrogen) atoms. The molecule has 0 saturated heterocycles. The van der Waals surface area contributed by atoms with Crippen LogP contribution in [-0.2, 0) is 4.79 Å². The summed E-state index contributed by atoms with van der Waals surface area (Å²) in [5.74, 6) is -0.327. The number of halogens is 1. The molecular formula is C11H16BrN3O. The predicted octanol–water partition coefficient (Wildman–Crippen LogP) is 1.95. The molecular weight excluding hydrogens is 270 g/mol. The van der Waals surface area contributed by atoms with Crippen molar-refractivity contribution in [2.24, 2.45) is 11.1 Å². The van der Waals surface area contributed by atoms with Crippen LogP contribution in [0.5, 0.6) is 0 Å². The summed E-state index contributed by atoms with van der Waals surface area (Å²) in [5, 5.41) is 3.16. The Labute approximate surface area is 104 Å². The highest BCUT2D eigenvalue weighted by Gasteiger charge is 2.24. The highest BCUT2D eigenvalue weighted by Crippen LogP contribution is 2.26. The first-order valence-electron chi connectivity index (χ1n) is 4.92. The van der Waals surface area contributed by atoms with Crippen molar-refractivity contribution in [1.82, 2.24) is 0 Å². The molecule has 0 saturated carbocycles. The molecule has 5 heteroatoms. The van der Waals surface area contributed by atoms with Gasteiger partial charge >= 0.3 is 0 Å². The molecule has 0 aromatic heterocycles. The normalized spacial score (nSPS) is 11.2. The fraction of sp³-hybridized carbons (Fsp3) is 0.364. The van der Waals surface area contributed by atoms with Crippen LogP contribution >= 0.6 is 15.9 Å². The fourth-order valence-corrected chi connectivity index (χ4v) is 1.61. The number of rotatable bonds is 4. The van der Waals surface area contributed by atoms with Crippen molar-refractivity contribution in [3.63, 3.8) is 0 Å². The van der Waals surface area contributed by atoms with E-state index in [1.54, 1.807) is 26.0 Å². The second-order valence-electron chi connectivity index (χ2n) is 4.34. The van der Waals surface area contributed by atoms with Crippen LogP contribution in [0.25, 0.3) is 0 Å². The lowest BCUT2D eigenvalue weighted by Crippen LogP contribution is -2.37. The molecule has 0 aliphatic rings. The summed E-state index contributed by atoms with van der Waals surface area (Å²) in [4.78, 5) is 11.1. The number of primary amides is 1. The van der Waals surface area contributed by atoms with Crippen LogP contribution in [0.2, 0.25) is 0 Å². The molecule has 88 valence electrons. The summed E-state index contributed by atoms with van der Waals surface area (Å²) in [6.07, 6.45) is 0. The lowest BCUT2D eigenvalue weighted by molar-refractivity contribution is -0.125. The minimum absolute atomic E-state index is 0.327. The van der Waals surface area contributed by atoms with Crippen molar-refractivity contribution in [2.45, 2.75) is 13.8 Å². The second kappa shape index (κ2) is 4.74. The van der Waals surface area contributed by atoms with Gasteiger partial charge in [-0.3, -0.25) is 4.79 Å². The first kappa shape index (κ1) is 12.8.